The monoisotopic (exact) mass is 457 g/mol. The van der Waals surface area contributed by atoms with Crippen LogP contribution in [0.1, 0.15) is 45.3 Å². The molecule has 0 amide bonds. The molecule has 1 aliphatic heterocycles. The molecule has 1 fully saturated rings. The van der Waals surface area contributed by atoms with E-state index < -0.39 is 22.0 Å². The summed E-state index contributed by atoms with van der Waals surface area (Å²) in [6.45, 7) is 0.583. The lowest BCUT2D eigenvalue weighted by Crippen LogP contribution is -2.38. The maximum atomic E-state index is 13.3. The Morgan fingerprint density at radius 2 is 1.59 bits per heavy atom. The van der Waals surface area contributed by atoms with Gasteiger partial charge in [0.2, 0.25) is 10.0 Å². The molecule has 0 saturated carbocycles. The van der Waals surface area contributed by atoms with E-state index in [-0.39, 0.29) is 21.9 Å². The Balaban J connectivity index is 1.57. The maximum absolute atomic E-state index is 13.3. The number of carbonyl (C=O) groups excluding carboxylic acids is 2. The average molecular weight is 458 g/mol. The van der Waals surface area contributed by atoms with Crippen LogP contribution in [0.2, 0.25) is 0 Å². The van der Waals surface area contributed by atoms with Gasteiger partial charge in [-0.2, -0.15) is 4.31 Å². The number of piperidine rings is 1. The lowest BCUT2D eigenvalue weighted by atomic mass is 9.97. The van der Waals surface area contributed by atoms with Gasteiger partial charge in [0.25, 0.3) is 0 Å². The molecule has 3 aromatic rings. The summed E-state index contributed by atoms with van der Waals surface area (Å²) in [6.07, 6.45) is 1.19. The number of esters is 2. The fourth-order valence-corrected chi connectivity index (χ4v) is 5.45. The van der Waals surface area contributed by atoms with Gasteiger partial charge in [-0.05, 0) is 43.2 Å². The van der Waals surface area contributed by atoms with E-state index in [0.29, 0.717) is 25.9 Å². The summed E-state index contributed by atoms with van der Waals surface area (Å²) in [5.41, 5.74) is 1.76. The molecule has 1 aromatic heterocycles. The fourth-order valence-electron chi connectivity index (χ4n) is 3.90. The molecule has 1 aliphatic rings. The molecule has 1 N–H and O–H groups in total. The van der Waals surface area contributed by atoms with Gasteiger partial charge in [0.15, 0.2) is 0 Å². The van der Waals surface area contributed by atoms with Gasteiger partial charge in [-0.15, -0.1) is 0 Å². The number of imidazole rings is 1. The van der Waals surface area contributed by atoms with E-state index in [1.54, 1.807) is 0 Å². The number of fused-ring (bicyclic) bond motifs is 1. The Kier molecular flexibility index (Phi) is 5.98. The second-order valence-corrected chi connectivity index (χ2v) is 9.48. The Bertz CT molecular complexity index is 1210. The van der Waals surface area contributed by atoms with Gasteiger partial charge in [0, 0.05) is 19.0 Å². The number of para-hydroxylation sites is 2. The minimum atomic E-state index is -3.93. The lowest BCUT2D eigenvalue weighted by Gasteiger charge is -2.30. The van der Waals surface area contributed by atoms with Gasteiger partial charge < -0.3 is 14.5 Å². The Labute approximate surface area is 185 Å². The molecular formula is C22H23N3O6S. The maximum Gasteiger partial charge on any atom is 0.337 e. The van der Waals surface area contributed by atoms with Crippen LogP contribution in [0.25, 0.3) is 11.0 Å². The third-order valence-corrected chi connectivity index (χ3v) is 7.51. The fraction of sp³-hybridized carbons (Fsp3) is 0.318. The van der Waals surface area contributed by atoms with Crippen molar-refractivity contribution < 1.29 is 27.5 Å². The van der Waals surface area contributed by atoms with Crippen LogP contribution in [-0.2, 0) is 19.5 Å². The van der Waals surface area contributed by atoms with E-state index >= 15 is 0 Å². The molecular weight excluding hydrogens is 434 g/mol. The van der Waals surface area contributed by atoms with Crippen molar-refractivity contribution in [3.63, 3.8) is 0 Å². The highest BCUT2D eigenvalue weighted by Crippen LogP contribution is 2.31. The normalized spacial score (nSPS) is 15.6. The third-order valence-electron chi connectivity index (χ3n) is 5.63. The topological polar surface area (TPSA) is 119 Å². The molecule has 0 unspecified atom stereocenters. The van der Waals surface area contributed by atoms with Gasteiger partial charge in [-0.1, -0.05) is 12.1 Å². The van der Waals surface area contributed by atoms with Crippen LogP contribution in [0.4, 0.5) is 0 Å². The number of hydrogen-bond acceptors (Lipinski definition) is 7. The van der Waals surface area contributed by atoms with E-state index in [1.165, 1.54) is 36.7 Å². The summed E-state index contributed by atoms with van der Waals surface area (Å²) >= 11 is 0. The first kappa shape index (κ1) is 22.0. The number of sulfonamides is 1. The molecule has 2 heterocycles. The predicted molar refractivity (Wildman–Crippen MR) is 116 cm³/mol. The second-order valence-electron chi connectivity index (χ2n) is 7.55. The van der Waals surface area contributed by atoms with E-state index in [0.717, 1.165) is 16.9 Å². The highest BCUT2D eigenvalue weighted by Gasteiger charge is 2.32. The van der Waals surface area contributed by atoms with E-state index in [1.807, 2.05) is 24.3 Å². The average Bonchev–Trinajstić information content (AvgIpc) is 3.27. The van der Waals surface area contributed by atoms with Gasteiger partial charge in [0.05, 0.1) is 41.3 Å². The molecule has 0 radical (unpaired) electrons. The van der Waals surface area contributed by atoms with Crippen LogP contribution in [0.3, 0.4) is 0 Å². The van der Waals surface area contributed by atoms with Gasteiger partial charge in [-0.25, -0.2) is 23.0 Å². The number of rotatable bonds is 5. The van der Waals surface area contributed by atoms with Crippen molar-refractivity contribution in [2.24, 2.45) is 0 Å². The molecule has 2 aromatic carbocycles. The number of ether oxygens (including phenoxy) is 2. The molecule has 0 atom stereocenters. The Hall–Kier alpha value is -3.24. The van der Waals surface area contributed by atoms with Crippen molar-refractivity contribution in [3.05, 3.63) is 59.4 Å². The number of aromatic amines is 1. The highest BCUT2D eigenvalue weighted by molar-refractivity contribution is 7.89. The third kappa shape index (κ3) is 4.11. The Morgan fingerprint density at radius 1 is 1.00 bits per heavy atom. The standard InChI is InChI=1S/C22H23N3O6S/c1-30-21(26)15-11-16(22(27)31-2)13-17(12-15)32(28,29)25-9-7-14(8-10-25)20-23-18-5-3-4-6-19(18)24-20/h3-6,11-14H,7-10H2,1-2H3,(H,23,24). The van der Waals surface area contributed by atoms with Crippen molar-refractivity contribution in [1.29, 1.82) is 0 Å². The van der Waals surface area contributed by atoms with Crippen molar-refractivity contribution in [2.75, 3.05) is 27.3 Å². The quantitative estimate of drug-likeness (QED) is 0.585. The van der Waals surface area contributed by atoms with Crippen molar-refractivity contribution in [1.82, 2.24) is 14.3 Å². The van der Waals surface area contributed by atoms with Gasteiger partial charge in [-0.3, -0.25) is 0 Å². The summed E-state index contributed by atoms with van der Waals surface area (Å²) in [7, 11) is -1.56. The zero-order chi connectivity index (χ0) is 22.9. The molecule has 32 heavy (non-hydrogen) atoms. The first-order valence-electron chi connectivity index (χ1n) is 10.1. The molecule has 0 spiro atoms. The zero-order valence-electron chi connectivity index (χ0n) is 17.7. The number of nitrogens with one attached hydrogen (secondary N) is 1. The number of hydrogen-bond donors (Lipinski definition) is 1. The number of benzene rings is 2. The van der Waals surface area contributed by atoms with E-state index in [9.17, 15) is 18.0 Å². The van der Waals surface area contributed by atoms with Gasteiger partial charge in [0.1, 0.15) is 5.82 Å². The summed E-state index contributed by atoms with van der Waals surface area (Å²) in [5, 5.41) is 0. The number of nitrogens with zero attached hydrogens (tertiary/aromatic N) is 2. The highest BCUT2D eigenvalue weighted by atomic mass is 32.2. The summed E-state index contributed by atoms with van der Waals surface area (Å²) < 4.78 is 37.3. The SMILES string of the molecule is COC(=O)c1cc(C(=O)OC)cc(S(=O)(=O)N2CCC(c3nc4ccccc4[nH]3)CC2)c1. The number of carbonyl (C=O) groups is 2. The summed E-state index contributed by atoms with van der Waals surface area (Å²) in [4.78, 5) is 31.8. The predicted octanol–water partition coefficient (Wildman–Crippen LogP) is 2.70. The second kappa shape index (κ2) is 8.71. The Morgan fingerprint density at radius 3 is 2.16 bits per heavy atom. The van der Waals surface area contributed by atoms with Crippen LogP contribution in [0.15, 0.2) is 47.4 Å². The molecule has 0 aliphatic carbocycles. The van der Waals surface area contributed by atoms with Crippen LogP contribution < -0.4 is 0 Å². The van der Waals surface area contributed by atoms with Crippen LogP contribution in [0.5, 0.6) is 0 Å². The summed E-state index contributed by atoms with van der Waals surface area (Å²) in [5.74, 6) is -0.517. The molecule has 1 saturated heterocycles. The molecule has 0 bridgehead atoms. The number of aromatic nitrogens is 2. The van der Waals surface area contributed by atoms with E-state index in [4.69, 9.17) is 9.47 Å². The van der Waals surface area contributed by atoms with Gasteiger partial charge >= 0.3 is 11.9 Å². The smallest absolute Gasteiger partial charge is 0.337 e. The minimum absolute atomic E-state index is 0.0360. The lowest BCUT2D eigenvalue weighted by molar-refractivity contribution is 0.0598. The van der Waals surface area contributed by atoms with Crippen LogP contribution >= 0.6 is 0 Å². The van der Waals surface area contributed by atoms with Crippen molar-refractivity contribution >= 4 is 33.0 Å². The largest absolute Gasteiger partial charge is 0.465 e. The van der Waals surface area contributed by atoms with Crippen molar-refractivity contribution in [2.45, 2.75) is 23.7 Å². The zero-order valence-corrected chi connectivity index (χ0v) is 18.5. The first-order valence-corrected chi connectivity index (χ1v) is 11.5. The minimum Gasteiger partial charge on any atom is -0.465 e. The number of H-pyrrole nitrogens is 1. The summed E-state index contributed by atoms with van der Waals surface area (Å²) in [6, 6.07) is 11.4. The first-order chi connectivity index (χ1) is 15.3. The van der Waals surface area contributed by atoms with Crippen molar-refractivity contribution in [3.8, 4) is 0 Å². The molecule has 168 valence electrons. The molecule has 10 heteroatoms. The molecule has 4 rings (SSSR count). The van der Waals surface area contributed by atoms with Crippen LogP contribution in [0, 0.1) is 0 Å². The van der Waals surface area contributed by atoms with Crippen LogP contribution in [-0.4, -0.2) is 61.9 Å². The molecule has 9 nitrogen and oxygen atoms in total. The van der Waals surface area contributed by atoms with E-state index in [2.05, 4.69) is 9.97 Å². The number of methoxy groups -OCH3 is 2.